The van der Waals surface area contributed by atoms with Gasteiger partial charge in [-0.1, -0.05) is 6.07 Å². The number of aromatic nitrogens is 5. The standard InChI is InChI=1S/C18H21N7O2/c1-27-17-7-5-15-20-21-16(25(15)22-17)6-8-18(26)24-12-10-23(11-13-24)14-4-2-3-9-19-14/h2-5,7,9H,6,8,10-13H2,1H3. The molecular weight excluding hydrogens is 346 g/mol. The van der Waals surface area contributed by atoms with Crippen molar-refractivity contribution in [3.8, 4) is 5.88 Å². The maximum Gasteiger partial charge on any atom is 0.231 e. The summed E-state index contributed by atoms with van der Waals surface area (Å²) in [6.45, 7) is 2.97. The summed E-state index contributed by atoms with van der Waals surface area (Å²) < 4.78 is 6.77. The molecule has 1 saturated heterocycles. The van der Waals surface area contributed by atoms with Crippen LogP contribution in [0.25, 0.3) is 5.65 Å². The number of ether oxygens (including phenoxy) is 1. The molecule has 4 heterocycles. The Bertz CT molecular complexity index is 920. The Morgan fingerprint density at radius 3 is 2.70 bits per heavy atom. The van der Waals surface area contributed by atoms with Gasteiger partial charge in [0.05, 0.1) is 7.11 Å². The number of fused-ring (bicyclic) bond motifs is 1. The van der Waals surface area contributed by atoms with Crippen LogP contribution in [0.2, 0.25) is 0 Å². The van der Waals surface area contributed by atoms with E-state index in [0.717, 1.165) is 18.9 Å². The predicted molar refractivity (Wildman–Crippen MR) is 98.7 cm³/mol. The molecule has 0 atom stereocenters. The van der Waals surface area contributed by atoms with Gasteiger partial charge in [0.25, 0.3) is 0 Å². The SMILES string of the molecule is COc1ccc2nnc(CCC(=O)N3CCN(c4ccccn4)CC3)n2n1. The van der Waals surface area contributed by atoms with Crippen LogP contribution in [-0.4, -0.2) is 68.9 Å². The monoisotopic (exact) mass is 367 g/mol. The predicted octanol–water partition coefficient (Wildman–Crippen LogP) is 0.809. The van der Waals surface area contributed by atoms with Crippen LogP contribution < -0.4 is 9.64 Å². The largest absolute Gasteiger partial charge is 0.480 e. The zero-order chi connectivity index (χ0) is 18.6. The number of hydrogen-bond donors (Lipinski definition) is 0. The zero-order valence-electron chi connectivity index (χ0n) is 15.2. The third-order valence-corrected chi connectivity index (χ3v) is 4.68. The molecule has 4 rings (SSSR count). The summed E-state index contributed by atoms with van der Waals surface area (Å²) in [4.78, 5) is 21.1. The molecule has 9 nitrogen and oxygen atoms in total. The maximum atomic E-state index is 12.6. The van der Waals surface area contributed by atoms with E-state index in [1.54, 1.807) is 30.0 Å². The molecule has 0 saturated carbocycles. The van der Waals surface area contributed by atoms with Crippen LogP contribution in [-0.2, 0) is 11.2 Å². The Morgan fingerprint density at radius 2 is 1.96 bits per heavy atom. The first kappa shape index (κ1) is 17.2. The summed E-state index contributed by atoms with van der Waals surface area (Å²) in [6, 6.07) is 9.41. The van der Waals surface area contributed by atoms with Crippen LogP contribution in [0.1, 0.15) is 12.2 Å². The minimum atomic E-state index is 0.121. The molecule has 1 aliphatic rings. The number of aryl methyl sites for hydroxylation is 1. The highest BCUT2D eigenvalue weighted by molar-refractivity contribution is 5.76. The van der Waals surface area contributed by atoms with E-state index in [1.807, 2.05) is 23.1 Å². The third kappa shape index (κ3) is 3.67. The number of methoxy groups -OCH3 is 1. The summed E-state index contributed by atoms with van der Waals surface area (Å²) in [5.41, 5.74) is 0.641. The van der Waals surface area contributed by atoms with Gasteiger partial charge >= 0.3 is 0 Å². The van der Waals surface area contributed by atoms with Gasteiger partial charge in [-0.3, -0.25) is 4.79 Å². The van der Waals surface area contributed by atoms with Crippen molar-refractivity contribution in [2.45, 2.75) is 12.8 Å². The number of rotatable bonds is 5. The second-order valence-electron chi connectivity index (χ2n) is 6.32. The molecule has 0 unspecified atom stereocenters. The lowest BCUT2D eigenvalue weighted by Gasteiger charge is -2.35. The van der Waals surface area contributed by atoms with Gasteiger partial charge in [0, 0.05) is 51.3 Å². The number of pyridine rings is 1. The molecule has 140 valence electrons. The smallest absolute Gasteiger partial charge is 0.231 e. The van der Waals surface area contributed by atoms with Gasteiger partial charge in [-0.05, 0) is 18.2 Å². The highest BCUT2D eigenvalue weighted by atomic mass is 16.5. The first-order chi connectivity index (χ1) is 13.2. The van der Waals surface area contributed by atoms with Crippen molar-refractivity contribution >= 4 is 17.4 Å². The highest BCUT2D eigenvalue weighted by Crippen LogP contribution is 2.14. The van der Waals surface area contributed by atoms with Crippen LogP contribution in [0, 0.1) is 0 Å². The van der Waals surface area contributed by atoms with Crippen molar-refractivity contribution < 1.29 is 9.53 Å². The first-order valence-electron chi connectivity index (χ1n) is 8.93. The van der Waals surface area contributed by atoms with Gasteiger partial charge in [-0.15, -0.1) is 15.3 Å². The fourth-order valence-corrected chi connectivity index (χ4v) is 3.18. The lowest BCUT2D eigenvalue weighted by molar-refractivity contribution is -0.131. The van der Waals surface area contributed by atoms with Crippen LogP contribution in [0.4, 0.5) is 5.82 Å². The van der Waals surface area contributed by atoms with E-state index >= 15 is 0 Å². The number of anilines is 1. The Hall–Kier alpha value is -3.23. The lowest BCUT2D eigenvalue weighted by Crippen LogP contribution is -2.49. The van der Waals surface area contributed by atoms with Gasteiger partial charge in [0.1, 0.15) is 5.82 Å². The Balaban J connectivity index is 1.34. The van der Waals surface area contributed by atoms with Crippen LogP contribution in [0.5, 0.6) is 5.88 Å². The number of amides is 1. The van der Waals surface area contributed by atoms with Crippen LogP contribution in [0.3, 0.4) is 0 Å². The molecule has 9 heteroatoms. The molecule has 0 radical (unpaired) electrons. The maximum absolute atomic E-state index is 12.6. The second-order valence-corrected chi connectivity index (χ2v) is 6.32. The Labute approximate surface area is 156 Å². The molecule has 1 fully saturated rings. The summed E-state index contributed by atoms with van der Waals surface area (Å²) >= 11 is 0. The topological polar surface area (TPSA) is 88.8 Å². The molecule has 1 aliphatic heterocycles. The van der Waals surface area contributed by atoms with Gasteiger partial charge < -0.3 is 14.5 Å². The average Bonchev–Trinajstić information content (AvgIpc) is 3.15. The van der Waals surface area contributed by atoms with E-state index in [0.29, 0.717) is 43.3 Å². The van der Waals surface area contributed by atoms with E-state index < -0.39 is 0 Å². The molecule has 0 aliphatic carbocycles. The normalized spacial score (nSPS) is 14.6. The number of piperazine rings is 1. The van der Waals surface area contributed by atoms with Crippen molar-refractivity contribution in [3.05, 3.63) is 42.4 Å². The summed E-state index contributed by atoms with van der Waals surface area (Å²) in [5.74, 6) is 2.22. The van der Waals surface area contributed by atoms with Crippen molar-refractivity contribution in [2.75, 3.05) is 38.2 Å². The molecule has 0 aromatic carbocycles. The summed E-state index contributed by atoms with van der Waals surface area (Å²) in [7, 11) is 1.56. The number of hydrogen-bond acceptors (Lipinski definition) is 7. The van der Waals surface area contributed by atoms with E-state index in [9.17, 15) is 4.79 Å². The molecule has 3 aromatic heterocycles. The van der Waals surface area contributed by atoms with E-state index in [1.165, 1.54) is 0 Å². The van der Waals surface area contributed by atoms with Crippen molar-refractivity contribution in [3.63, 3.8) is 0 Å². The van der Waals surface area contributed by atoms with Crippen LogP contribution >= 0.6 is 0 Å². The molecule has 3 aromatic rings. The van der Waals surface area contributed by atoms with Gasteiger partial charge in [0.15, 0.2) is 11.5 Å². The molecule has 0 N–H and O–H groups in total. The number of nitrogens with zero attached hydrogens (tertiary/aromatic N) is 7. The molecule has 0 spiro atoms. The van der Waals surface area contributed by atoms with Crippen molar-refractivity contribution in [1.82, 2.24) is 29.7 Å². The van der Waals surface area contributed by atoms with E-state index in [2.05, 4.69) is 25.2 Å². The van der Waals surface area contributed by atoms with Crippen molar-refractivity contribution in [1.29, 1.82) is 0 Å². The number of carbonyl (C=O) groups excluding carboxylic acids is 1. The Morgan fingerprint density at radius 1 is 1.11 bits per heavy atom. The van der Waals surface area contributed by atoms with Crippen LogP contribution in [0.15, 0.2) is 36.5 Å². The molecule has 1 amide bonds. The zero-order valence-corrected chi connectivity index (χ0v) is 15.2. The van der Waals surface area contributed by atoms with E-state index in [-0.39, 0.29) is 5.91 Å². The molecular formula is C18H21N7O2. The summed E-state index contributed by atoms with van der Waals surface area (Å²) in [6.07, 6.45) is 2.66. The van der Waals surface area contributed by atoms with E-state index in [4.69, 9.17) is 4.74 Å². The lowest BCUT2D eigenvalue weighted by atomic mass is 10.2. The number of carbonyl (C=O) groups is 1. The van der Waals surface area contributed by atoms with Gasteiger partial charge in [-0.25, -0.2) is 4.98 Å². The van der Waals surface area contributed by atoms with Crippen molar-refractivity contribution in [2.24, 2.45) is 0 Å². The molecule has 0 bridgehead atoms. The second kappa shape index (κ2) is 7.56. The average molecular weight is 367 g/mol. The minimum Gasteiger partial charge on any atom is -0.480 e. The van der Waals surface area contributed by atoms with Gasteiger partial charge in [0.2, 0.25) is 11.8 Å². The summed E-state index contributed by atoms with van der Waals surface area (Å²) in [5, 5.41) is 12.6. The third-order valence-electron chi connectivity index (χ3n) is 4.68. The fourth-order valence-electron chi connectivity index (χ4n) is 3.18. The Kier molecular flexibility index (Phi) is 4.82. The fraction of sp³-hybridized carbons (Fsp3) is 0.389. The minimum absolute atomic E-state index is 0.121. The van der Waals surface area contributed by atoms with Gasteiger partial charge in [-0.2, -0.15) is 4.52 Å². The molecule has 27 heavy (non-hydrogen) atoms. The first-order valence-corrected chi connectivity index (χ1v) is 8.93. The quantitative estimate of drug-likeness (QED) is 0.659. The highest BCUT2D eigenvalue weighted by Gasteiger charge is 2.22.